The van der Waals surface area contributed by atoms with Crippen molar-refractivity contribution in [3.8, 4) is 28.5 Å². The van der Waals surface area contributed by atoms with E-state index in [1.165, 1.54) is 9.21 Å². The van der Waals surface area contributed by atoms with Crippen LogP contribution in [0, 0.1) is 11.3 Å². The van der Waals surface area contributed by atoms with Crippen molar-refractivity contribution < 1.29 is 18.3 Å². The molecule has 1 aliphatic rings. The molecule has 36 heavy (non-hydrogen) atoms. The number of rotatable bonds is 7. The molecule has 186 valence electrons. The third-order valence-electron chi connectivity index (χ3n) is 6.38. The Bertz CT molecular complexity index is 1440. The Morgan fingerprint density at radius 1 is 1.14 bits per heavy atom. The minimum absolute atomic E-state index is 0.0661. The van der Waals surface area contributed by atoms with Crippen molar-refractivity contribution in [2.75, 3.05) is 26.5 Å². The lowest BCUT2D eigenvalue weighted by Gasteiger charge is -2.24. The number of aliphatic hydroxyl groups is 1. The fourth-order valence-corrected chi connectivity index (χ4v) is 5.81. The summed E-state index contributed by atoms with van der Waals surface area (Å²) in [5.74, 6) is -0.346. The smallest absolute Gasteiger partial charge is 0.271 e. The number of amides is 1. The average Bonchev–Trinajstić information content (AvgIpc) is 3.27. The normalized spacial score (nSPS) is 15.4. The zero-order chi connectivity index (χ0) is 26.0. The van der Waals surface area contributed by atoms with E-state index in [-0.39, 0.29) is 36.9 Å². The molecule has 9 heteroatoms. The van der Waals surface area contributed by atoms with Crippen LogP contribution in [0.5, 0.6) is 0 Å². The standard InChI is InChI=1S/C27H28N4O4S/c1-4-36(34,35)31-17-22-15-23(27(33)30(2)3)29-26(25(22)24(31)12-13-32)21-7-5-6-20(14-21)19-10-8-18(16-28)9-11-19/h5-11,14-15,24,32H,4,12-13,17H2,1-3H3/t24-/m1/s1. The van der Waals surface area contributed by atoms with Crippen molar-refractivity contribution in [1.29, 1.82) is 5.26 Å². The molecule has 0 spiro atoms. The molecule has 1 aromatic heterocycles. The second-order valence-corrected chi connectivity index (χ2v) is 11.1. The Balaban J connectivity index is 1.92. The van der Waals surface area contributed by atoms with Gasteiger partial charge < -0.3 is 10.0 Å². The van der Waals surface area contributed by atoms with E-state index in [1.807, 2.05) is 36.4 Å². The molecule has 0 bridgehead atoms. The van der Waals surface area contributed by atoms with Gasteiger partial charge in [0, 0.05) is 38.4 Å². The van der Waals surface area contributed by atoms with E-state index in [4.69, 9.17) is 10.2 Å². The zero-order valence-electron chi connectivity index (χ0n) is 20.5. The summed E-state index contributed by atoms with van der Waals surface area (Å²) >= 11 is 0. The molecule has 0 radical (unpaired) electrons. The lowest BCUT2D eigenvalue weighted by molar-refractivity contribution is 0.0822. The number of sulfonamides is 1. The molecule has 1 N–H and O–H groups in total. The maximum atomic E-state index is 12.9. The highest BCUT2D eigenvalue weighted by atomic mass is 32.2. The van der Waals surface area contributed by atoms with Crippen LogP contribution in [0.25, 0.3) is 22.4 Å². The summed E-state index contributed by atoms with van der Waals surface area (Å²) in [4.78, 5) is 19.1. The van der Waals surface area contributed by atoms with Gasteiger partial charge in [0.25, 0.3) is 5.91 Å². The number of carbonyl (C=O) groups excluding carboxylic acids is 1. The Labute approximate surface area is 211 Å². The van der Waals surface area contributed by atoms with Crippen molar-refractivity contribution >= 4 is 15.9 Å². The molecule has 0 saturated carbocycles. The van der Waals surface area contributed by atoms with E-state index >= 15 is 0 Å². The van der Waals surface area contributed by atoms with Crippen LogP contribution in [0.4, 0.5) is 0 Å². The van der Waals surface area contributed by atoms with Gasteiger partial charge in [-0.25, -0.2) is 13.4 Å². The number of carbonyl (C=O) groups is 1. The van der Waals surface area contributed by atoms with Gasteiger partial charge in [-0.05, 0) is 54.3 Å². The van der Waals surface area contributed by atoms with Gasteiger partial charge in [-0.15, -0.1) is 0 Å². The SMILES string of the molecule is CCS(=O)(=O)N1Cc2cc(C(=O)N(C)C)nc(-c3cccc(-c4ccc(C#N)cc4)c3)c2[C@H]1CCO. The second-order valence-electron chi connectivity index (χ2n) is 8.87. The fraction of sp³-hybridized carbons (Fsp3) is 0.296. The van der Waals surface area contributed by atoms with Crippen molar-refractivity contribution in [1.82, 2.24) is 14.2 Å². The van der Waals surface area contributed by atoms with Gasteiger partial charge in [0.05, 0.1) is 29.1 Å². The van der Waals surface area contributed by atoms with Gasteiger partial charge in [-0.3, -0.25) is 4.79 Å². The Morgan fingerprint density at radius 2 is 1.83 bits per heavy atom. The third-order valence-corrected chi connectivity index (χ3v) is 8.21. The van der Waals surface area contributed by atoms with Crippen LogP contribution in [0.2, 0.25) is 0 Å². The van der Waals surface area contributed by atoms with Gasteiger partial charge in [0.15, 0.2) is 0 Å². The maximum absolute atomic E-state index is 12.9. The van der Waals surface area contributed by atoms with Crippen LogP contribution in [0.15, 0.2) is 54.6 Å². The molecule has 1 amide bonds. The summed E-state index contributed by atoms with van der Waals surface area (Å²) in [5.41, 5.74) is 5.30. The molecule has 0 fully saturated rings. The number of hydrogen-bond donors (Lipinski definition) is 1. The van der Waals surface area contributed by atoms with E-state index in [2.05, 4.69) is 6.07 Å². The van der Waals surface area contributed by atoms with Crippen LogP contribution in [-0.2, 0) is 16.6 Å². The van der Waals surface area contributed by atoms with E-state index in [9.17, 15) is 18.3 Å². The van der Waals surface area contributed by atoms with Crippen molar-refractivity contribution in [2.24, 2.45) is 0 Å². The second kappa shape index (κ2) is 10.2. The monoisotopic (exact) mass is 504 g/mol. The lowest BCUT2D eigenvalue weighted by atomic mass is 9.94. The van der Waals surface area contributed by atoms with Crippen LogP contribution >= 0.6 is 0 Å². The predicted octanol–water partition coefficient (Wildman–Crippen LogP) is 3.58. The number of nitrogens with zero attached hydrogens (tertiary/aromatic N) is 4. The highest BCUT2D eigenvalue weighted by Crippen LogP contribution is 2.43. The molecule has 8 nitrogen and oxygen atoms in total. The first-order chi connectivity index (χ1) is 17.2. The molecule has 2 heterocycles. The highest BCUT2D eigenvalue weighted by molar-refractivity contribution is 7.89. The van der Waals surface area contributed by atoms with E-state index in [0.29, 0.717) is 22.4 Å². The molecule has 4 rings (SSSR count). The Hall–Kier alpha value is -3.58. The zero-order valence-corrected chi connectivity index (χ0v) is 21.3. The van der Waals surface area contributed by atoms with Gasteiger partial charge in [-0.1, -0.05) is 30.3 Å². The summed E-state index contributed by atoms with van der Waals surface area (Å²) in [6.07, 6.45) is 0.219. The number of nitriles is 1. The number of fused-ring (bicyclic) bond motifs is 1. The molecule has 1 atom stereocenters. The number of pyridine rings is 1. The van der Waals surface area contributed by atoms with E-state index < -0.39 is 16.1 Å². The van der Waals surface area contributed by atoms with Gasteiger partial charge in [0.1, 0.15) is 5.69 Å². The van der Waals surface area contributed by atoms with Crippen LogP contribution < -0.4 is 0 Å². The van der Waals surface area contributed by atoms with E-state index in [1.54, 1.807) is 39.2 Å². The Kier molecular flexibility index (Phi) is 7.22. The largest absolute Gasteiger partial charge is 0.396 e. The number of hydrogen-bond acceptors (Lipinski definition) is 6. The van der Waals surface area contributed by atoms with Crippen molar-refractivity contribution in [2.45, 2.75) is 25.9 Å². The minimum Gasteiger partial charge on any atom is -0.396 e. The highest BCUT2D eigenvalue weighted by Gasteiger charge is 2.40. The topological polar surface area (TPSA) is 115 Å². The van der Waals surface area contributed by atoms with Crippen LogP contribution in [0.3, 0.4) is 0 Å². The predicted molar refractivity (Wildman–Crippen MR) is 137 cm³/mol. The summed E-state index contributed by atoms with van der Waals surface area (Å²) in [7, 11) is -0.283. The molecule has 3 aromatic rings. The third kappa shape index (κ3) is 4.75. The van der Waals surface area contributed by atoms with Gasteiger partial charge in [-0.2, -0.15) is 9.57 Å². The summed E-state index contributed by atoms with van der Waals surface area (Å²) in [5, 5.41) is 18.9. The number of benzene rings is 2. The first-order valence-corrected chi connectivity index (χ1v) is 13.3. The van der Waals surface area contributed by atoms with Crippen LogP contribution in [0.1, 0.15) is 46.6 Å². The number of aromatic nitrogens is 1. The van der Waals surface area contributed by atoms with Gasteiger partial charge in [0.2, 0.25) is 10.0 Å². The molecule has 0 aliphatic carbocycles. The Morgan fingerprint density at radius 3 is 2.44 bits per heavy atom. The first kappa shape index (κ1) is 25.5. The molecule has 2 aromatic carbocycles. The van der Waals surface area contributed by atoms with Crippen molar-refractivity contribution in [3.05, 3.63) is 77.0 Å². The summed E-state index contributed by atoms with van der Waals surface area (Å²) in [6, 6.07) is 18.1. The first-order valence-electron chi connectivity index (χ1n) is 11.7. The van der Waals surface area contributed by atoms with Crippen molar-refractivity contribution in [3.63, 3.8) is 0 Å². The summed E-state index contributed by atoms with van der Waals surface area (Å²) < 4.78 is 27.3. The molecular weight excluding hydrogens is 476 g/mol. The molecule has 1 aliphatic heterocycles. The van der Waals surface area contributed by atoms with Crippen LogP contribution in [-0.4, -0.2) is 60.1 Å². The molecule has 0 saturated heterocycles. The summed E-state index contributed by atoms with van der Waals surface area (Å²) in [6.45, 7) is 1.52. The molecule has 0 unspecified atom stereocenters. The minimum atomic E-state index is -3.57. The maximum Gasteiger partial charge on any atom is 0.271 e. The quantitative estimate of drug-likeness (QED) is 0.526. The lowest BCUT2D eigenvalue weighted by Crippen LogP contribution is -2.31. The number of aliphatic hydroxyl groups excluding tert-OH is 1. The average molecular weight is 505 g/mol. The fourth-order valence-electron chi connectivity index (χ4n) is 4.54. The van der Waals surface area contributed by atoms with E-state index in [0.717, 1.165) is 16.7 Å². The van der Waals surface area contributed by atoms with Gasteiger partial charge >= 0.3 is 0 Å². The molecular formula is C27H28N4O4S.